The molecular weight excluding hydrogens is 444 g/mol. The van der Waals surface area contributed by atoms with Gasteiger partial charge in [0.2, 0.25) is 0 Å². The molecule has 0 spiro atoms. The van der Waals surface area contributed by atoms with Gasteiger partial charge < -0.3 is 20.1 Å². The summed E-state index contributed by atoms with van der Waals surface area (Å²) in [6, 6.07) is 11.9. The number of fused-ring (bicyclic) bond motifs is 1. The Morgan fingerprint density at radius 3 is 2.71 bits per heavy atom. The number of aliphatic imine (C=N–C) groups is 1. The van der Waals surface area contributed by atoms with Gasteiger partial charge in [-0.05, 0) is 54.8 Å². The van der Waals surface area contributed by atoms with Crippen molar-refractivity contribution in [3.63, 3.8) is 0 Å². The van der Waals surface area contributed by atoms with Crippen molar-refractivity contribution in [2.75, 3.05) is 30.5 Å². The van der Waals surface area contributed by atoms with Crippen LogP contribution >= 0.6 is 0 Å². The molecule has 176 valence electrons. The molecule has 34 heavy (non-hydrogen) atoms. The Bertz CT molecular complexity index is 1200. The van der Waals surface area contributed by atoms with E-state index < -0.39 is 6.61 Å². The summed E-state index contributed by atoms with van der Waals surface area (Å²) in [7, 11) is 0. The Morgan fingerprint density at radius 2 is 1.94 bits per heavy atom. The van der Waals surface area contributed by atoms with Crippen molar-refractivity contribution in [1.29, 1.82) is 0 Å². The second kappa shape index (κ2) is 9.60. The van der Waals surface area contributed by atoms with Crippen molar-refractivity contribution in [1.82, 2.24) is 9.78 Å². The highest BCUT2D eigenvalue weighted by atomic mass is 19.3. The van der Waals surface area contributed by atoms with E-state index in [1.165, 1.54) is 24.3 Å². The molecule has 8 nitrogen and oxygen atoms in total. The first kappa shape index (κ1) is 22.0. The van der Waals surface area contributed by atoms with Crippen LogP contribution in [0.4, 0.5) is 20.2 Å². The molecule has 2 aliphatic rings. The predicted molar refractivity (Wildman–Crippen MR) is 123 cm³/mol. The fourth-order valence-electron chi connectivity index (χ4n) is 4.10. The van der Waals surface area contributed by atoms with Crippen molar-refractivity contribution in [3.05, 3.63) is 60.4 Å². The normalized spacial score (nSPS) is 15.9. The number of hydrogen-bond acceptors (Lipinski definition) is 6. The molecule has 2 aromatic carbocycles. The van der Waals surface area contributed by atoms with Gasteiger partial charge in [-0.2, -0.15) is 13.9 Å². The molecule has 1 saturated heterocycles. The fourth-order valence-corrected chi connectivity index (χ4v) is 4.10. The molecule has 2 aliphatic heterocycles. The van der Waals surface area contributed by atoms with Gasteiger partial charge in [-0.15, -0.1) is 0 Å². The van der Waals surface area contributed by atoms with Crippen LogP contribution in [0.5, 0.6) is 5.75 Å². The topological polar surface area (TPSA) is 89.8 Å². The Hall–Kier alpha value is -3.79. The minimum absolute atomic E-state index is 0.0171. The van der Waals surface area contributed by atoms with Gasteiger partial charge in [-0.3, -0.25) is 14.5 Å². The van der Waals surface area contributed by atoms with Gasteiger partial charge >= 0.3 is 6.61 Å². The van der Waals surface area contributed by atoms with Crippen LogP contribution in [0.3, 0.4) is 0 Å². The number of carbonyl (C=O) groups is 1. The van der Waals surface area contributed by atoms with E-state index in [1.807, 2.05) is 35.3 Å². The van der Waals surface area contributed by atoms with Crippen LogP contribution in [-0.2, 0) is 9.53 Å². The molecule has 1 fully saturated rings. The third-order valence-electron chi connectivity index (χ3n) is 5.83. The van der Waals surface area contributed by atoms with E-state index in [-0.39, 0.29) is 18.3 Å². The van der Waals surface area contributed by atoms with E-state index in [0.717, 1.165) is 42.9 Å². The van der Waals surface area contributed by atoms with Crippen LogP contribution in [0.2, 0.25) is 0 Å². The highest BCUT2D eigenvalue weighted by Crippen LogP contribution is 2.29. The molecule has 3 aromatic rings. The van der Waals surface area contributed by atoms with Gasteiger partial charge in [-0.1, -0.05) is 6.07 Å². The first-order chi connectivity index (χ1) is 16.6. The number of carbonyl (C=O) groups excluding carboxylic acids is 1. The second-order valence-electron chi connectivity index (χ2n) is 8.01. The molecule has 2 N–H and O–H groups in total. The molecule has 0 saturated carbocycles. The zero-order valence-electron chi connectivity index (χ0n) is 18.2. The van der Waals surface area contributed by atoms with Crippen LogP contribution in [-0.4, -0.2) is 47.9 Å². The molecule has 0 unspecified atom stereocenters. The Labute approximate surface area is 194 Å². The number of aromatic nitrogens is 2. The summed E-state index contributed by atoms with van der Waals surface area (Å²) >= 11 is 0. The Kier molecular flexibility index (Phi) is 6.22. The molecule has 0 atom stereocenters. The number of nitrogens with one attached hydrogen (secondary N) is 2. The highest BCUT2D eigenvalue weighted by Gasteiger charge is 2.22. The largest absolute Gasteiger partial charge is 0.435 e. The van der Waals surface area contributed by atoms with E-state index >= 15 is 0 Å². The number of hydrogen-bond donors (Lipinski definition) is 2. The third-order valence-corrected chi connectivity index (χ3v) is 5.83. The smallest absolute Gasteiger partial charge is 0.387 e. The lowest BCUT2D eigenvalue weighted by Crippen LogP contribution is -2.28. The molecule has 3 heterocycles. The maximum atomic E-state index is 13.0. The van der Waals surface area contributed by atoms with Crippen molar-refractivity contribution < 1.29 is 23.0 Å². The number of rotatable bonds is 6. The van der Waals surface area contributed by atoms with E-state index in [1.54, 1.807) is 0 Å². The van der Waals surface area contributed by atoms with Crippen molar-refractivity contribution in [2.45, 2.75) is 25.5 Å². The van der Waals surface area contributed by atoms with E-state index in [0.29, 0.717) is 23.0 Å². The van der Waals surface area contributed by atoms with Gasteiger partial charge in [0.25, 0.3) is 5.91 Å². The summed E-state index contributed by atoms with van der Waals surface area (Å²) in [4.78, 5) is 17.4. The summed E-state index contributed by atoms with van der Waals surface area (Å²) in [5.41, 5.74) is 4.10. The van der Waals surface area contributed by atoms with Crippen molar-refractivity contribution in [2.24, 2.45) is 4.99 Å². The lowest BCUT2D eigenvalue weighted by Gasteiger charge is -2.22. The van der Waals surface area contributed by atoms with Gasteiger partial charge in [0, 0.05) is 41.9 Å². The standard InChI is InChI=1S/C24H23F2N5O3/c25-24(26)34-19-4-2-17(3-5-19)30-23(32)22-20-11-15(1-6-21(20)27-14-28-22)16-12-29-31(13-16)18-7-9-33-10-8-18/h1-6,11-13,18,24,27H,7-10,14H2,(H,30,32). The quantitative estimate of drug-likeness (QED) is 0.564. The lowest BCUT2D eigenvalue weighted by atomic mass is 9.99. The average Bonchev–Trinajstić information content (AvgIpc) is 3.35. The monoisotopic (exact) mass is 467 g/mol. The average molecular weight is 467 g/mol. The van der Waals surface area contributed by atoms with Crippen LogP contribution in [0.15, 0.2) is 59.9 Å². The number of amides is 1. The maximum Gasteiger partial charge on any atom is 0.387 e. The molecular formula is C24H23F2N5O3. The zero-order valence-corrected chi connectivity index (χ0v) is 18.2. The minimum atomic E-state index is -2.90. The molecule has 1 amide bonds. The summed E-state index contributed by atoms with van der Waals surface area (Å²) in [6.07, 6.45) is 5.71. The first-order valence-electron chi connectivity index (χ1n) is 11.0. The van der Waals surface area contributed by atoms with Crippen molar-refractivity contribution >= 4 is 23.0 Å². The number of ether oxygens (including phenoxy) is 2. The summed E-state index contributed by atoms with van der Waals surface area (Å²) in [6.45, 7) is -1.15. The first-order valence-corrected chi connectivity index (χ1v) is 11.0. The molecule has 5 rings (SSSR count). The van der Waals surface area contributed by atoms with Gasteiger partial charge in [0.15, 0.2) is 0 Å². The highest BCUT2D eigenvalue weighted by molar-refractivity contribution is 6.50. The van der Waals surface area contributed by atoms with Crippen LogP contribution in [0.1, 0.15) is 24.4 Å². The SMILES string of the molecule is O=C(Nc1ccc(OC(F)F)cc1)C1=NCNc2ccc(-c3cnn(C4CCOCC4)c3)cc21. The van der Waals surface area contributed by atoms with Gasteiger partial charge in [0.1, 0.15) is 18.1 Å². The second-order valence-corrected chi connectivity index (χ2v) is 8.01. The lowest BCUT2D eigenvalue weighted by molar-refractivity contribution is -0.110. The Balaban J connectivity index is 1.34. The molecule has 1 aromatic heterocycles. The zero-order chi connectivity index (χ0) is 23.5. The molecule has 0 bridgehead atoms. The molecule has 10 heteroatoms. The van der Waals surface area contributed by atoms with E-state index in [2.05, 4.69) is 25.5 Å². The summed E-state index contributed by atoms with van der Waals surface area (Å²) in [5.74, 6) is -0.371. The van der Waals surface area contributed by atoms with Crippen LogP contribution < -0.4 is 15.4 Å². The van der Waals surface area contributed by atoms with E-state index in [4.69, 9.17) is 4.74 Å². The maximum absolute atomic E-state index is 13.0. The fraction of sp³-hybridized carbons (Fsp3) is 0.292. The number of benzene rings is 2. The van der Waals surface area contributed by atoms with Crippen LogP contribution in [0.25, 0.3) is 11.1 Å². The van der Waals surface area contributed by atoms with Crippen molar-refractivity contribution in [3.8, 4) is 16.9 Å². The molecule has 0 aliphatic carbocycles. The molecule has 0 radical (unpaired) electrons. The Morgan fingerprint density at radius 1 is 1.15 bits per heavy atom. The number of anilines is 2. The van der Waals surface area contributed by atoms with E-state index in [9.17, 15) is 13.6 Å². The third kappa shape index (κ3) is 4.76. The minimum Gasteiger partial charge on any atom is -0.435 e. The summed E-state index contributed by atoms with van der Waals surface area (Å²) < 4.78 is 36.4. The number of halogens is 2. The van der Waals surface area contributed by atoms with Gasteiger partial charge in [-0.25, -0.2) is 0 Å². The summed E-state index contributed by atoms with van der Waals surface area (Å²) in [5, 5.41) is 10.5. The van der Waals surface area contributed by atoms with Crippen LogP contribution in [0, 0.1) is 0 Å². The number of alkyl halides is 2. The number of nitrogens with zero attached hydrogens (tertiary/aromatic N) is 3. The van der Waals surface area contributed by atoms with Gasteiger partial charge in [0.05, 0.1) is 12.2 Å². The predicted octanol–water partition coefficient (Wildman–Crippen LogP) is 4.31.